The summed E-state index contributed by atoms with van der Waals surface area (Å²) in [5, 5.41) is 2.65. The number of hydrogen-bond acceptors (Lipinski definition) is 4. The zero-order valence-corrected chi connectivity index (χ0v) is 12.0. The molecule has 7 heteroatoms. The summed E-state index contributed by atoms with van der Waals surface area (Å²) in [5.41, 5.74) is 0. The molecule has 0 aliphatic heterocycles. The maximum Gasteiger partial charge on any atom is 0.408 e. The Morgan fingerprint density at radius 3 is 2.12 bits per heavy atom. The van der Waals surface area contributed by atoms with E-state index in [1.54, 1.807) is 18.5 Å². The van der Waals surface area contributed by atoms with E-state index < -0.39 is 7.75 Å². The summed E-state index contributed by atoms with van der Waals surface area (Å²) in [6, 6.07) is 0. The molecule has 0 heterocycles. The van der Waals surface area contributed by atoms with E-state index in [2.05, 4.69) is 5.32 Å². The van der Waals surface area contributed by atoms with E-state index in [0.29, 0.717) is 32.8 Å². The Bertz CT molecular complexity index is 263. The molecule has 1 amide bonds. The Hall–Kier alpha value is -0.420. The number of carbonyl (C=O) groups is 1. The van der Waals surface area contributed by atoms with E-state index in [1.165, 1.54) is 6.92 Å². The molecule has 0 aliphatic carbocycles. The molecule has 0 rings (SSSR count). The van der Waals surface area contributed by atoms with Gasteiger partial charge in [0.15, 0.2) is 0 Å². The molecule has 102 valence electrons. The van der Waals surface area contributed by atoms with Crippen LogP contribution in [0.15, 0.2) is 0 Å². The number of amides is 1. The van der Waals surface area contributed by atoms with Crippen LogP contribution >= 0.6 is 7.75 Å². The number of rotatable bonds is 9. The van der Waals surface area contributed by atoms with Gasteiger partial charge in [0.05, 0.1) is 13.2 Å². The highest BCUT2D eigenvalue weighted by atomic mass is 31.2. The molecular formula is C10H23N2O4P. The largest absolute Gasteiger partial charge is 0.408 e. The van der Waals surface area contributed by atoms with Crippen molar-refractivity contribution < 1.29 is 18.4 Å². The fourth-order valence-electron chi connectivity index (χ4n) is 1.34. The van der Waals surface area contributed by atoms with E-state index in [0.717, 1.165) is 0 Å². The second-order valence-corrected chi connectivity index (χ2v) is 5.35. The number of carbonyl (C=O) groups excluding carboxylic acids is 1. The van der Waals surface area contributed by atoms with Crippen molar-refractivity contribution in [1.82, 2.24) is 9.99 Å². The third kappa shape index (κ3) is 6.17. The van der Waals surface area contributed by atoms with Crippen LogP contribution in [0.2, 0.25) is 0 Å². The fraction of sp³-hybridized carbons (Fsp3) is 0.900. The standard InChI is InChI=1S/C10H23N2O4P/c1-5-12(9-8-11-10(4)13)17(14,15-6-2)16-7-3/h5-9H2,1-4H3,(H,11,13). The van der Waals surface area contributed by atoms with Crippen LogP contribution in [0.3, 0.4) is 0 Å². The van der Waals surface area contributed by atoms with Gasteiger partial charge < -0.3 is 5.32 Å². The van der Waals surface area contributed by atoms with Crippen LogP contribution in [0.5, 0.6) is 0 Å². The molecule has 0 aliphatic rings. The van der Waals surface area contributed by atoms with Crippen molar-refractivity contribution in [3.63, 3.8) is 0 Å². The first kappa shape index (κ1) is 16.6. The second kappa shape index (κ2) is 8.64. The molecule has 0 aromatic heterocycles. The van der Waals surface area contributed by atoms with Crippen molar-refractivity contribution in [3.05, 3.63) is 0 Å². The molecular weight excluding hydrogens is 243 g/mol. The normalized spacial score (nSPS) is 11.8. The Labute approximate surface area is 103 Å². The highest BCUT2D eigenvalue weighted by Gasteiger charge is 2.31. The summed E-state index contributed by atoms with van der Waals surface area (Å²) in [7, 11) is -3.21. The van der Waals surface area contributed by atoms with Crippen molar-refractivity contribution in [2.24, 2.45) is 0 Å². The van der Waals surface area contributed by atoms with Gasteiger partial charge in [0.2, 0.25) is 5.91 Å². The van der Waals surface area contributed by atoms with Gasteiger partial charge in [-0.15, -0.1) is 0 Å². The summed E-state index contributed by atoms with van der Waals surface area (Å²) >= 11 is 0. The zero-order chi connectivity index (χ0) is 13.3. The number of nitrogens with zero attached hydrogens (tertiary/aromatic N) is 1. The van der Waals surface area contributed by atoms with Gasteiger partial charge in [-0.05, 0) is 13.8 Å². The molecule has 0 atom stereocenters. The van der Waals surface area contributed by atoms with Crippen LogP contribution in [-0.2, 0) is 18.4 Å². The second-order valence-electron chi connectivity index (χ2n) is 3.33. The fourth-order valence-corrected chi connectivity index (χ4v) is 3.09. The Kier molecular flexibility index (Phi) is 8.43. The van der Waals surface area contributed by atoms with Crippen LogP contribution in [0.1, 0.15) is 27.7 Å². The monoisotopic (exact) mass is 266 g/mol. The quantitative estimate of drug-likeness (QED) is 0.642. The minimum Gasteiger partial charge on any atom is -0.355 e. The van der Waals surface area contributed by atoms with Crippen LogP contribution in [0, 0.1) is 0 Å². The first-order valence-corrected chi connectivity index (χ1v) is 7.38. The van der Waals surface area contributed by atoms with Gasteiger partial charge in [-0.25, -0.2) is 9.24 Å². The van der Waals surface area contributed by atoms with E-state index in [9.17, 15) is 9.36 Å². The van der Waals surface area contributed by atoms with Gasteiger partial charge in [0, 0.05) is 26.6 Å². The highest BCUT2D eigenvalue weighted by molar-refractivity contribution is 7.51. The molecule has 0 bridgehead atoms. The lowest BCUT2D eigenvalue weighted by Gasteiger charge is -2.28. The smallest absolute Gasteiger partial charge is 0.355 e. The van der Waals surface area contributed by atoms with Crippen LogP contribution in [0.25, 0.3) is 0 Å². The molecule has 0 aromatic carbocycles. The predicted octanol–water partition coefficient (Wildman–Crippen LogP) is 1.63. The summed E-state index contributed by atoms with van der Waals surface area (Å²) in [6.07, 6.45) is 0. The van der Waals surface area contributed by atoms with Gasteiger partial charge in [0.25, 0.3) is 0 Å². The Balaban J connectivity index is 4.45. The first-order valence-electron chi connectivity index (χ1n) is 5.89. The summed E-state index contributed by atoms with van der Waals surface area (Å²) in [6.45, 7) is 8.92. The van der Waals surface area contributed by atoms with Crippen molar-refractivity contribution >= 4 is 13.7 Å². The lowest BCUT2D eigenvalue weighted by Crippen LogP contribution is -2.33. The third-order valence-electron chi connectivity index (χ3n) is 2.04. The first-order chi connectivity index (χ1) is 8.00. The minimum absolute atomic E-state index is 0.108. The maximum absolute atomic E-state index is 12.4. The molecule has 0 aromatic rings. The molecule has 6 nitrogen and oxygen atoms in total. The highest BCUT2D eigenvalue weighted by Crippen LogP contribution is 2.51. The molecule has 0 fully saturated rings. The average Bonchev–Trinajstić information content (AvgIpc) is 2.24. The molecule has 0 saturated heterocycles. The molecule has 0 radical (unpaired) electrons. The number of nitrogens with one attached hydrogen (secondary N) is 1. The van der Waals surface area contributed by atoms with Crippen molar-refractivity contribution in [1.29, 1.82) is 0 Å². The SMILES string of the molecule is CCOP(=O)(OCC)N(CC)CCNC(C)=O. The average molecular weight is 266 g/mol. The van der Waals surface area contributed by atoms with Gasteiger partial charge >= 0.3 is 7.75 Å². The lowest BCUT2D eigenvalue weighted by atomic mass is 10.5. The maximum atomic E-state index is 12.4. The van der Waals surface area contributed by atoms with Gasteiger partial charge in [-0.2, -0.15) is 0 Å². The number of hydrogen-bond donors (Lipinski definition) is 1. The van der Waals surface area contributed by atoms with Gasteiger partial charge in [-0.3, -0.25) is 13.8 Å². The summed E-state index contributed by atoms with van der Waals surface area (Å²) in [5.74, 6) is -0.108. The Morgan fingerprint density at radius 2 is 1.76 bits per heavy atom. The topological polar surface area (TPSA) is 67.9 Å². The van der Waals surface area contributed by atoms with Crippen LogP contribution in [-0.4, -0.2) is 43.4 Å². The predicted molar refractivity (Wildman–Crippen MR) is 66.8 cm³/mol. The van der Waals surface area contributed by atoms with Gasteiger partial charge in [0.1, 0.15) is 0 Å². The van der Waals surface area contributed by atoms with E-state index in [4.69, 9.17) is 9.05 Å². The molecule has 0 saturated carbocycles. The Morgan fingerprint density at radius 1 is 1.24 bits per heavy atom. The van der Waals surface area contributed by atoms with Crippen LogP contribution < -0.4 is 5.32 Å². The summed E-state index contributed by atoms with van der Waals surface area (Å²) in [4.78, 5) is 10.8. The molecule has 0 unspecified atom stereocenters. The third-order valence-corrected chi connectivity index (χ3v) is 4.38. The molecule has 0 spiro atoms. The van der Waals surface area contributed by atoms with Crippen LogP contribution in [0.4, 0.5) is 0 Å². The molecule has 17 heavy (non-hydrogen) atoms. The summed E-state index contributed by atoms with van der Waals surface area (Å²) < 4.78 is 24.5. The molecule has 1 N–H and O–H groups in total. The van der Waals surface area contributed by atoms with Crippen molar-refractivity contribution in [2.45, 2.75) is 27.7 Å². The van der Waals surface area contributed by atoms with Crippen molar-refractivity contribution in [3.8, 4) is 0 Å². The number of likely N-dealkylation sites (N-methyl/N-ethyl adjacent to an activating group) is 1. The van der Waals surface area contributed by atoms with E-state index in [1.807, 2.05) is 6.92 Å². The van der Waals surface area contributed by atoms with Crippen molar-refractivity contribution in [2.75, 3.05) is 32.8 Å². The zero-order valence-electron chi connectivity index (χ0n) is 11.1. The van der Waals surface area contributed by atoms with E-state index in [-0.39, 0.29) is 5.91 Å². The van der Waals surface area contributed by atoms with Gasteiger partial charge in [-0.1, -0.05) is 6.92 Å². The lowest BCUT2D eigenvalue weighted by molar-refractivity contribution is -0.119. The minimum atomic E-state index is -3.21. The van der Waals surface area contributed by atoms with E-state index >= 15 is 0 Å².